The number of methoxy groups -OCH3 is 1. The van der Waals surface area contributed by atoms with Crippen molar-refractivity contribution in [2.45, 2.75) is 71.9 Å². The first-order valence-electron chi connectivity index (χ1n) is 6.72. The van der Waals surface area contributed by atoms with Gasteiger partial charge in [0.15, 0.2) is 0 Å². The SMILES string of the molecule is CCCNC(CCCC(C)C)C(C)(C)OC. The molecule has 0 saturated carbocycles. The molecule has 2 heteroatoms. The zero-order chi connectivity index (χ0) is 12.6. The lowest BCUT2D eigenvalue weighted by Gasteiger charge is -2.34. The predicted octanol–water partition coefficient (Wildman–Crippen LogP) is 3.61. The van der Waals surface area contributed by atoms with E-state index in [2.05, 4.69) is 39.9 Å². The first-order chi connectivity index (χ1) is 7.44. The Hall–Kier alpha value is -0.0800. The first-order valence-corrected chi connectivity index (χ1v) is 6.72. The highest BCUT2D eigenvalue weighted by Crippen LogP contribution is 2.20. The number of rotatable bonds is 9. The van der Waals surface area contributed by atoms with Crippen LogP contribution in [0.5, 0.6) is 0 Å². The molecule has 0 rings (SSSR count). The van der Waals surface area contributed by atoms with Crippen LogP contribution in [0.4, 0.5) is 0 Å². The number of nitrogens with one attached hydrogen (secondary N) is 1. The van der Waals surface area contributed by atoms with Crippen LogP contribution in [0.25, 0.3) is 0 Å². The third-order valence-electron chi connectivity index (χ3n) is 3.28. The van der Waals surface area contributed by atoms with Crippen molar-refractivity contribution in [3.05, 3.63) is 0 Å². The van der Waals surface area contributed by atoms with E-state index in [1.807, 2.05) is 7.11 Å². The number of hydrogen-bond donors (Lipinski definition) is 1. The summed E-state index contributed by atoms with van der Waals surface area (Å²) in [5.41, 5.74) is -0.0633. The van der Waals surface area contributed by atoms with Gasteiger partial charge < -0.3 is 10.1 Å². The van der Waals surface area contributed by atoms with E-state index in [0.717, 1.165) is 12.5 Å². The van der Waals surface area contributed by atoms with Crippen molar-refractivity contribution in [1.82, 2.24) is 5.32 Å². The van der Waals surface area contributed by atoms with Gasteiger partial charge in [-0.1, -0.05) is 33.6 Å². The van der Waals surface area contributed by atoms with Crippen LogP contribution in [-0.4, -0.2) is 25.3 Å². The van der Waals surface area contributed by atoms with E-state index in [1.165, 1.54) is 25.7 Å². The van der Waals surface area contributed by atoms with Crippen molar-refractivity contribution in [3.63, 3.8) is 0 Å². The molecule has 0 saturated heterocycles. The van der Waals surface area contributed by atoms with Gasteiger partial charge in [-0.05, 0) is 39.2 Å². The molecule has 0 aromatic rings. The summed E-state index contributed by atoms with van der Waals surface area (Å²) in [6.45, 7) is 12.2. The molecular formula is C14H31NO. The van der Waals surface area contributed by atoms with E-state index >= 15 is 0 Å². The lowest BCUT2D eigenvalue weighted by Crippen LogP contribution is -2.48. The fourth-order valence-corrected chi connectivity index (χ4v) is 1.89. The van der Waals surface area contributed by atoms with E-state index in [-0.39, 0.29) is 5.60 Å². The molecule has 0 heterocycles. The van der Waals surface area contributed by atoms with Crippen molar-refractivity contribution >= 4 is 0 Å². The molecule has 98 valence electrons. The van der Waals surface area contributed by atoms with Gasteiger partial charge in [-0.3, -0.25) is 0 Å². The highest BCUT2D eigenvalue weighted by molar-refractivity contribution is 4.85. The molecule has 1 atom stereocenters. The molecule has 0 amide bonds. The van der Waals surface area contributed by atoms with E-state index in [0.29, 0.717) is 6.04 Å². The predicted molar refractivity (Wildman–Crippen MR) is 71.9 cm³/mol. The van der Waals surface area contributed by atoms with Crippen molar-refractivity contribution in [3.8, 4) is 0 Å². The van der Waals surface area contributed by atoms with Crippen LogP contribution in [0.15, 0.2) is 0 Å². The maximum absolute atomic E-state index is 5.59. The van der Waals surface area contributed by atoms with Crippen LogP contribution >= 0.6 is 0 Å². The van der Waals surface area contributed by atoms with Gasteiger partial charge in [0.1, 0.15) is 0 Å². The van der Waals surface area contributed by atoms with Gasteiger partial charge in [-0.2, -0.15) is 0 Å². The third-order valence-corrected chi connectivity index (χ3v) is 3.28. The molecule has 0 spiro atoms. The van der Waals surface area contributed by atoms with Gasteiger partial charge in [-0.25, -0.2) is 0 Å². The zero-order valence-corrected chi connectivity index (χ0v) is 12.1. The molecule has 0 aromatic heterocycles. The second kappa shape index (κ2) is 8.08. The van der Waals surface area contributed by atoms with Gasteiger partial charge in [0, 0.05) is 13.2 Å². The molecule has 0 aliphatic rings. The molecule has 0 fully saturated rings. The summed E-state index contributed by atoms with van der Waals surface area (Å²) >= 11 is 0. The van der Waals surface area contributed by atoms with Crippen LogP contribution < -0.4 is 5.32 Å². The smallest absolute Gasteiger partial charge is 0.0774 e. The van der Waals surface area contributed by atoms with Crippen LogP contribution in [0.2, 0.25) is 0 Å². The molecule has 0 radical (unpaired) electrons. The van der Waals surface area contributed by atoms with Crippen molar-refractivity contribution < 1.29 is 4.74 Å². The summed E-state index contributed by atoms with van der Waals surface area (Å²) in [7, 11) is 1.81. The van der Waals surface area contributed by atoms with E-state index in [9.17, 15) is 0 Å². The third kappa shape index (κ3) is 6.49. The molecule has 0 aliphatic carbocycles. The molecule has 1 unspecified atom stereocenters. The van der Waals surface area contributed by atoms with Gasteiger partial charge in [0.05, 0.1) is 5.60 Å². The monoisotopic (exact) mass is 229 g/mol. The Morgan fingerprint density at radius 1 is 1.19 bits per heavy atom. The van der Waals surface area contributed by atoms with Gasteiger partial charge in [0.2, 0.25) is 0 Å². The topological polar surface area (TPSA) is 21.3 Å². The Kier molecular flexibility index (Phi) is 8.04. The van der Waals surface area contributed by atoms with E-state index < -0.39 is 0 Å². The second-order valence-electron chi connectivity index (χ2n) is 5.64. The van der Waals surface area contributed by atoms with Crippen molar-refractivity contribution in [1.29, 1.82) is 0 Å². The Balaban J connectivity index is 4.10. The quantitative estimate of drug-likeness (QED) is 0.652. The first kappa shape index (κ1) is 15.9. The zero-order valence-electron chi connectivity index (χ0n) is 12.1. The van der Waals surface area contributed by atoms with E-state index in [1.54, 1.807) is 0 Å². The summed E-state index contributed by atoms with van der Waals surface area (Å²) in [4.78, 5) is 0. The highest BCUT2D eigenvalue weighted by atomic mass is 16.5. The lowest BCUT2D eigenvalue weighted by molar-refractivity contribution is -0.0132. The van der Waals surface area contributed by atoms with Crippen molar-refractivity contribution in [2.75, 3.05) is 13.7 Å². The van der Waals surface area contributed by atoms with E-state index in [4.69, 9.17) is 4.74 Å². The minimum atomic E-state index is -0.0633. The van der Waals surface area contributed by atoms with Gasteiger partial charge >= 0.3 is 0 Å². The van der Waals surface area contributed by atoms with Gasteiger partial charge in [-0.15, -0.1) is 0 Å². The Morgan fingerprint density at radius 2 is 1.81 bits per heavy atom. The molecule has 16 heavy (non-hydrogen) atoms. The van der Waals surface area contributed by atoms with Crippen LogP contribution in [0.1, 0.15) is 60.3 Å². The molecular weight excluding hydrogens is 198 g/mol. The Bertz CT molecular complexity index is 166. The maximum Gasteiger partial charge on any atom is 0.0774 e. The van der Waals surface area contributed by atoms with Gasteiger partial charge in [0.25, 0.3) is 0 Å². The fraction of sp³-hybridized carbons (Fsp3) is 1.00. The maximum atomic E-state index is 5.59. The van der Waals surface area contributed by atoms with Crippen LogP contribution in [0, 0.1) is 5.92 Å². The van der Waals surface area contributed by atoms with Crippen molar-refractivity contribution in [2.24, 2.45) is 5.92 Å². The summed E-state index contributed by atoms with van der Waals surface area (Å²) < 4.78 is 5.59. The largest absolute Gasteiger partial charge is 0.377 e. The minimum Gasteiger partial charge on any atom is -0.377 e. The average Bonchev–Trinajstić information content (AvgIpc) is 2.22. The highest BCUT2D eigenvalue weighted by Gasteiger charge is 2.28. The summed E-state index contributed by atoms with van der Waals surface area (Å²) in [6, 6.07) is 0.469. The van der Waals surface area contributed by atoms with Crippen LogP contribution in [-0.2, 0) is 4.74 Å². The number of hydrogen-bond acceptors (Lipinski definition) is 2. The molecule has 1 N–H and O–H groups in total. The summed E-state index contributed by atoms with van der Waals surface area (Å²) in [5, 5.41) is 3.61. The minimum absolute atomic E-state index is 0.0633. The van der Waals surface area contributed by atoms with Crippen LogP contribution in [0.3, 0.4) is 0 Å². The summed E-state index contributed by atoms with van der Waals surface area (Å²) in [6.07, 6.45) is 4.98. The Labute approximate surface area is 102 Å². The Morgan fingerprint density at radius 3 is 2.25 bits per heavy atom. The standard InChI is InChI=1S/C14H31NO/c1-7-11-15-13(14(4,5)16-6)10-8-9-12(2)3/h12-13,15H,7-11H2,1-6H3. The molecule has 0 aliphatic heterocycles. The lowest BCUT2D eigenvalue weighted by atomic mass is 9.92. The number of ether oxygens (including phenoxy) is 1. The average molecular weight is 229 g/mol. The fourth-order valence-electron chi connectivity index (χ4n) is 1.89. The molecule has 0 aromatic carbocycles. The normalized spacial score (nSPS) is 14.4. The molecule has 0 bridgehead atoms. The summed E-state index contributed by atoms with van der Waals surface area (Å²) in [5.74, 6) is 0.803. The molecule has 2 nitrogen and oxygen atoms in total. The second-order valence-corrected chi connectivity index (χ2v) is 5.64.